The summed E-state index contributed by atoms with van der Waals surface area (Å²) in [7, 11) is -0.702. The summed E-state index contributed by atoms with van der Waals surface area (Å²) < 4.78 is 5.81. The Morgan fingerprint density at radius 3 is 1.95 bits per heavy atom. The normalized spacial score (nSPS) is 10.6. The van der Waals surface area contributed by atoms with Crippen LogP contribution in [-0.4, -0.2) is 16.4 Å². The molecule has 0 aromatic heterocycles. The Hall–Kier alpha value is -1.82. The molecule has 2 aromatic rings. The van der Waals surface area contributed by atoms with E-state index in [1.54, 1.807) is 0 Å². The van der Waals surface area contributed by atoms with Crippen molar-refractivity contribution in [2.75, 3.05) is 6.61 Å². The molecule has 0 fully saturated rings. The summed E-state index contributed by atoms with van der Waals surface area (Å²) in [5.41, 5.74) is 5.67. The predicted molar refractivity (Wildman–Crippen MR) is 82.7 cm³/mol. The van der Waals surface area contributed by atoms with Crippen molar-refractivity contribution in [3.63, 3.8) is 0 Å². The van der Waals surface area contributed by atoms with Crippen molar-refractivity contribution in [1.29, 1.82) is 0 Å². The quantitative estimate of drug-likeness (QED) is 0.459. The van der Waals surface area contributed by atoms with Gasteiger partial charge in [0.15, 0.2) is 0 Å². The maximum absolute atomic E-state index is 5.81. The minimum Gasteiger partial charge on any atom is -0.410 e. The van der Waals surface area contributed by atoms with Crippen LogP contribution in [0.1, 0.15) is 24.0 Å². The van der Waals surface area contributed by atoms with Crippen LogP contribution < -0.4 is 0 Å². The maximum atomic E-state index is 5.81. The number of benzene rings is 2. The minimum absolute atomic E-state index is 0.300. The Labute approximate surface area is 117 Å². The largest absolute Gasteiger partial charge is 0.410 e. The predicted octanol–water partition coefficient (Wildman–Crippen LogP) is 2.90. The maximum Gasteiger partial charge on any atom is 0.240 e. The molecule has 1 nitrogen and oxygen atoms in total. The van der Waals surface area contributed by atoms with Crippen molar-refractivity contribution in [3.8, 4) is 11.5 Å². The van der Waals surface area contributed by atoms with Gasteiger partial charge >= 0.3 is 0 Å². The topological polar surface area (TPSA) is 9.23 Å². The van der Waals surface area contributed by atoms with Gasteiger partial charge in [-0.05, 0) is 18.1 Å². The molecule has 0 aliphatic heterocycles. The Morgan fingerprint density at radius 2 is 1.47 bits per heavy atom. The highest BCUT2D eigenvalue weighted by Crippen LogP contribution is 2.24. The second kappa shape index (κ2) is 7.58. The van der Waals surface area contributed by atoms with Gasteiger partial charge in [-0.25, -0.2) is 0 Å². The minimum atomic E-state index is -0.702. The summed E-state index contributed by atoms with van der Waals surface area (Å²) in [6.45, 7) is 2.58. The van der Waals surface area contributed by atoms with Crippen LogP contribution in [0.3, 0.4) is 0 Å². The summed E-state index contributed by atoms with van der Waals surface area (Å²) in [5, 5.41) is 0. The fourth-order valence-electron chi connectivity index (χ4n) is 2.06. The van der Waals surface area contributed by atoms with Crippen molar-refractivity contribution in [3.05, 3.63) is 71.8 Å². The molecule has 19 heavy (non-hydrogen) atoms. The van der Waals surface area contributed by atoms with Gasteiger partial charge in [-0.3, -0.25) is 0 Å². The number of hydrogen-bond donors (Lipinski definition) is 0. The highest BCUT2D eigenvalue weighted by Gasteiger charge is 2.13. The van der Waals surface area contributed by atoms with Gasteiger partial charge in [-0.15, -0.1) is 11.5 Å². The van der Waals surface area contributed by atoms with Crippen molar-refractivity contribution in [1.82, 2.24) is 0 Å². The summed E-state index contributed by atoms with van der Waals surface area (Å²) in [4.78, 5) is 0. The molecule has 2 rings (SSSR count). The summed E-state index contributed by atoms with van der Waals surface area (Å²) >= 11 is 0. The molecule has 0 aliphatic rings. The van der Waals surface area contributed by atoms with Crippen molar-refractivity contribution < 1.29 is 4.43 Å². The van der Waals surface area contributed by atoms with Crippen LogP contribution >= 0.6 is 0 Å². The van der Waals surface area contributed by atoms with E-state index in [0.29, 0.717) is 5.92 Å². The van der Waals surface area contributed by atoms with Crippen LogP contribution in [0.25, 0.3) is 0 Å². The Kier molecular flexibility index (Phi) is 5.43. The highest BCUT2D eigenvalue weighted by molar-refractivity contribution is 6.38. The van der Waals surface area contributed by atoms with Gasteiger partial charge < -0.3 is 4.43 Å². The van der Waals surface area contributed by atoms with Crippen LogP contribution in [0.5, 0.6) is 0 Å². The SMILES string of the molecule is CC#C[SiH2]OCC(c1ccccc1)c1ccccc1. The molecule has 0 spiro atoms. The van der Waals surface area contributed by atoms with Crippen LogP contribution in [0.4, 0.5) is 0 Å². The van der Waals surface area contributed by atoms with Gasteiger partial charge in [0, 0.05) is 12.5 Å². The van der Waals surface area contributed by atoms with Gasteiger partial charge in [0.05, 0.1) is 0 Å². The molecule has 0 saturated heterocycles. The first-order valence-electron chi connectivity index (χ1n) is 6.49. The van der Waals surface area contributed by atoms with Gasteiger partial charge in [0.25, 0.3) is 0 Å². The molecule has 0 radical (unpaired) electrons. The van der Waals surface area contributed by atoms with E-state index in [-0.39, 0.29) is 0 Å². The van der Waals surface area contributed by atoms with Crippen molar-refractivity contribution in [2.45, 2.75) is 12.8 Å². The van der Waals surface area contributed by atoms with E-state index in [4.69, 9.17) is 4.43 Å². The Morgan fingerprint density at radius 1 is 0.947 bits per heavy atom. The van der Waals surface area contributed by atoms with Crippen LogP contribution in [0.2, 0.25) is 0 Å². The molecule has 0 aliphatic carbocycles. The van der Waals surface area contributed by atoms with E-state index in [1.165, 1.54) is 11.1 Å². The molecular weight excluding hydrogens is 248 g/mol. The fourth-order valence-corrected chi connectivity index (χ4v) is 2.66. The first kappa shape index (κ1) is 13.6. The lowest BCUT2D eigenvalue weighted by molar-refractivity contribution is 0.326. The third kappa shape index (κ3) is 4.10. The number of hydrogen-bond acceptors (Lipinski definition) is 1. The molecule has 2 aromatic carbocycles. The van der Waals surface area contributed by atoms with Gasteiger partial charge in [-0.2, -0.15) is 0 Å². The highest BCUT2D eigenvalue weighted by atomic mass is 28.2. The molecule has 0 unspecified atom stereocenters. The summed E-state index contributed by atoms with van der Waals surface area (Å²) in [5.74, 6) is 3.21. The zero-order valence-corrected chi connectivity index (χ0v) is 12.6. The van der Waals surface area contributed by atoms with Gasteiger partial charge in [0.1, 0.15) is 0 Å². The zero-order valence-electron chi connectivity index (χ0n) is 11.2. The van der Waals surface area contributed by atoms with Crippen molar-refractivity contribution in [2.24, 2.45) is 0 Å². The zero-order chi connectivity index (χ0) is 13.3. The lowest BCUT2D eigenvalue weighted by Crippen LogP contribution is -2.11. The third-order valence-corrected chi connectivity index (χ3v) is 3.98. The first-order valence-corrected chi connectivity index (χ1v) is 7.77. The van der Waals surface area contributed by atoms with E-state index in [1.807, 2.05) is 19.1 Å². The van der Waals surface area contributed by atoms with E-state index in [2.05, 4.69) is 60.0 Å². The van der Waals surface area contributed by atoms with E-state index >= 15 is 0 Å². The average molecular weight is 266 g/mol. The molecule has 0 bridgehead atoms. The lowest BCUT2D eigenvalue weighted by atomic mass is 9.92. The van der Waals surface area contributed by atoms with E-state index < -0.39 is 9.76 Å². The molecule has 0 heterocycles. The third-order valence-electron chi connectivity index (χ3n) is 3.04. The molecule has 0 atom stereocenters. The van der Waals surface area contributed by atoms with Crippen molar-refractivity contribution >= 4 is 9.76 Å². The molecule has 2 heteroatoms. The lowest BCUT2D eigenvalue weighted by Gasteiger charge is -2.17. The number of rotatable bonds is 5. The van der Waals surface area contributed by atoms with Crippen LogP contribution in [0, 0.1) is 11.5 Å². The molecule has 0 amide bonds. The molecular formula is C17H18OSi. The first-order chi connectivity index (χ1) is 9.42. The van der Waals surface area contributed by atoms with E-state index in [0.717, 1.165) is 6.61 Å². The monoisotopic (exact) mass is 266 g/mol. The smallest absolute Gasteiger partial charge is 0.240 e. The Bertz CT molecular complexity index is 500. The average Bonchev–Trinajstić information content (AvgIpc) is 2.49. The van der Waals surface area contributed by atoms with Crippen LogP contribution in [0.15, 0.2) is 60.7 Å². The molecule has 96 valence electrons. The fraction of sp³-hybridized carbons (Fsp3) is 0.176. The van der Waals surface area contributed by atoms with Crippen LogP contribution in [-0.2, 0) is 4.43 Å². The molecule has 0 saturated carbocycles. The second-order valence-electron chi connectivity index (χ2n) is 4.32. The summed E-state index contributed by atoms with van der Waals surface area (Å²) in [6, 6.07) is 21.0. The second-order valence-corrected chi connectivity index (χ2v) is 5.37. The van der Waals surface area contributed by atoms with Gasteiger partial charge in [0.2, 0.25) is 9.76 Å². The standard InChI is InChI=1S/C17H18OSi/c1-2-13-19-18-14-17(15-9-5-3-6-10-15)16-11-7-4-8-12-16/h3-12,17H,14,19H2,1H3. The molecule has 0 N–H and O–H groups in total. The van der Waals surface area contributed by atoms with Gasteiger partial charge in [-0.1, -0.05) is 60.7 Å². The summed E-state index contributed by atoms with van der Waals surface area (Å²) in [6.07, 6.45) is 0. The van der Waals surface area contributed by atoms with E-state index in [9.17, 15) is 0 Å². The Balaban J connectivity index is 2.16.